The van der Waals surface area contributed by atoms with E-state index < -0.39 is 0 Å². The number of carbonyl (C=O) groups is 1. The Bertz CT molecular complexity index is 837. The van der Waals surface area contributed by atoms with Crippen LogP contribution in [-0.2, 0) is 13.0 Å². The molecule has 3 aromatic rings. The summed E-state index contributed by atoms with van der Waals surface area (Å²) in [5.41, 5.74) is 2.94. The molecular formula is C21H19NO2. The maximum atomic E-state index is 12.7. The molecule has 4 rings (SSSR count). The Hall–Kier alpha value is -2.81. The largest absolute Gasteiger partial charge is 0.461 e. The monoisotopic (exact) mass is 317 g/mol. The fourth-order valence-electron chi connectivity index (χ4n) is 3.21. The van der Waals surface area contributed by atoms with Crippen LogP contribution in [0.25, 0.3) is 11.3 Å². The molecule has 0 atom stereocenters. The predicted molar refractivity (Wildman–Crippen MR) is 93.6 cm³/mol. The van der Waals surface area contributed by atoms with Gasteiger partial charge in [0.1, 0.15) is 11.5 Å². The summed E-state index contributed by atoms with van der Waals surface area (Å²) in [5, 5.41) is 0. The highest BCUT2D eigenvalue weighted by atomic mass is 16.3. The molecule has 2 aromatic carbocycles. The van der Waals surface area contributed by atoms with E-state index in [0.717, 1.165) is 47.6 Å². The van der Waals surface area contributed by atoms with Crippen LogP contribution in [-0.4, -0.2) is 17.4 Å². The summed E-state index contributed by atoms with van der Waals surface area (Å²) in [5.74, 6) is 1.98. The van der Waals surface area contributed by atoms with Gasteiger partial charge in [-0.25, -0.2) is 0 Å². The van der Waals surface area contributed by atoms with Crippen molar-refractivity contribution in [1.29, 1.82) is 0 Å². The molecule has 0 fully saturated rings. The van der Waals surface area contributed by atoms with Crippen molar-refractivity contribution in [3.8, 4) is 11.3 Å². The van der Waals surface area contributed by atoms with Crippen molar-refractivity contribution >= 4 is 5.91 Å². The second-order valence-corrected chi connectivity index (χ2v) is 6.12. The van der Waals surface area contributed by atoms with E-state index in [4.69, 9.17) is 4.42 Å². The molecule has 1 aliphatic rings. The van der Waals surface area contributed by atoms with Crippen LogP contribution in [0.1, 0.15) is 28.1 Å². The Labute approximate surface area is 141 Å². The summed E-state index contributed by atoms with van der Waals surface area (Å²) in [6, 6.07) is 21.7. The zero-order chi connectivity index (χ0) is 16.4. The van der Waals surface area contributed by atoms with Gasteiger partial charge in [0.25, 0.3) is 5.91 Å². The van der Waals surface area contributed by atoms with Crippen molar-refractivity contribution in [3.63, 3.8) is 0 Å². The lowest BCUT2D eigenvalue weighted by atomic mass is 10.1. The molecule has 0 unspecified atom stereocenters. The topological polar surface area (TPSA) is 33.5 Å². The van der Waals surface area contributed by atoms with Crippen molar-refractivity contribution in [2.45, 2.75) is 19.4 Å². The highest BCUT2D eigenvalue weighted by Crippen LogP contribution is 2.29. The normalized spacial score (nSPS) is 14.1. The van der Waals surface area contributed by atoms with Gasteiger partial charge >= 0.3 is 0 Å². The van der Waals surface area contributed by atoms with Crippen molar-refractivity contribution in [2.24, 2.45) is 0 Å². The van der Waals surface area contributed by atoms with Crippen LogP contribution in [0.5, 0.6) is 0 Å². The van der Waals surface area contributed by atoms with Crippen molar-refractivity contribution in [2.75, 3.05) is 6.54 Å². The van der Waals surface area contributed by atoms with Gasteiger partial charge in [-0.3, -0.25) is 4.79 Å². The summed E-state index contributed by atoms with van der Waals surface area (Å²) in [6.45, 7) is 1.37. The molecule has 1 aromatic heterocycles. The maximum Gasteiger partial charge on any atom is 0.254 e. The summed E-state index contributed by atoms with van der Waals surface area (Å²) in [4.78, 5) is 14.7. The zero-order valence-electron chi connectivity index (χ0n) is 13.4. The lowest BCUT2D eigenvalue weighted by molar-refractivity contribution is 0.0746. The highest BCUT2D eigenvalue weighted by molar-refractivity contribution is 5.94. The minimum absolute atomic E-state index is 0.0888. The minimum atomic E-state index is 0.0888. The van der Waals surface area contributed by atoms with Gasteiger partial charge in [-0.1, -0.05) is 48.5 Å². The number of nitrogens with zero attached hydrogens (tertiary/aromatic N) is 1. The van der Waals surface area contributed by atoms with Crippen LogP contribution in [0.2, 0.25) is 0 Å². The van der Waals surface area contributed by atoms with E-state index in [9.17, 15) is 4.79 Å². The van der Waals surface area contributed by atoms with E-state index in [2.05, 4.69) is 6.07 Å². The van der Waals surface area contributed by atoms with Gasteiger partial charge in [-0.15, -0.1) is 0 Å². The van der Waals surface area contributed by atoms with E-state index in [1.807, 2.05) is 65.6 Å². The Balaban J connectivity index is 1.61. The van der Waals surface area contributed by atoms with E-state index in [-0.39, 0.29) is 5.91 Å². The molecule has 1 amide bonds. The second kappa shape index (κ2) is 6.36. The molecule has 2 heterocycles. The first kappa shape index (κ1) is 14.8. The van der Waals surface area contributed by atoms with Gasteiger partial charge in [0.15, 0.2) is 0 Å². The number of hydrogen-bond donors (Lipinski definition) is 0. The summed E-state index contributed by atoms with van der Waals surface area (Å²) in [6.07, 6.45) is 1.80. The lowest BCUT2D eigenvalue weighted by Gasteiger charge is -2.20. The first-order valence-corrected chi connectivity index (χ1v) is 8.32. The van der Waals surface area contributed by atoms with Crippen molar-refractivity contribution < 1.29 is 9.21 Å². The molecule has 0 bridgehead atoms. The quantitative estimate of drug-likeness (QED) is 0.695. The van der Waals surface area contributed by atoms with Crippen LogP contribution in [0, 0.1) is 0 Å². The first-order valence-electron chi connectivity index (χ1n) is 8.32. The maximum absolute atomic E-state index is 12.7. The van der Waals surface area contributed by atoms with Gasteiger partial charge < -0.3 is 9.32 Å². The molecule has 0 saturated carbocycles. The molecule has 120 valence electrons. The molecule has 0 spiro atoms. The molecule has 0 saturated heterocycles. The Morgan fingerprint density at radius 1 is 0.958 bits per heavy atom. The number of hydrogen-bond acceptors (Lipinski definition) is 2. The number of rotatable bonds is 2. The summed E-state index contributed by atoms with van der Waals surface area (Å²) < 4.78 is 6.07. The first-order chi connectivity index (χ1) is 11.8. The number of carbonyl (C=O) groups excluding carboxylic acids is 1. The molecule has 24 heavy (non-hydrogen) atoms. The van der Waals surface area contributed by atoms with Gasteiger partial charge in [0.05, 0.1) is 0 Å². The summed E-state index contributed by atoms with van der Waals surface area (Å²) >= 11 is 0. The van der Waals surface area contributed by atoms with Gasteiger partial charge in [0, 0.05) is 36.2 Å². The fourth-order valence-corrected chi connectivity index (χ4v) is 3.21. The second-order valence-electron chi connectivity index (χ2n) is 6.12. The number of furan rings is 1. The minimum Gasteiger partial charge on any atom is -0.461 e. The van der Waals surface area contributed by atoms with Crippen LogP contribution >= 0.6 is 0 Å². The van der Waals surface area contributed by atoms with Gasteiger partial charge in [-0.05, 0) is 24.6 Å². The fraction of sp³-hybridized carbons (Fsp3) is 0.190. The lowest BCUT2D eigenvalue weighted by Crippen LogP contribution is -2.30. The van der Waals surface area contributed by atoms with Gasteiger partial charge in [0.2, 0.25) is 0 Å². The SMILES string of the molecule is O=C(c1ccccc1)N1CCCc2oc(-c3ccccc3)cc2C1. The standard InChI is InChI=1S/C21H19NO2/c23-21(17-10-5-2-6-11-17)22-13-7-12-19-18(15-22)14-20(24-19)16-8-3-1-4-9-16/h1-6,8-11,14H,7,12-13,15H2. The van der Waals surface area contributed by atoms with E-state index in [1.165, 1.54) is 0 Å². The molecule has 1 aliphatic heterocycles. The smallest absolute Gasteiger partial charge is 0.254 e. The molecule has 0 N–H and O–H groups in total. The van der Waals surface area contributed by atoms with E-state index >= 15 is 0 Å². The average Bonchev–Trinajstić information content (AvgIpc) is 2.94. The Morgan fingerprint density at radius 3 is 2.42 bits per heavy atom. The number of aryl methyl sites for hydroxylation is 1. The Kier molecular flexibility index (Phi) is 3.91. The third-order valence-electron chi connectivity index (χ3n) is 4.46. The number of amides is 1. The van der Waals surface area contributed by atoms with Gasteiger partial charge in [-0.2, -0.15) is 0 Å². The van der Waals surface area contributed by atoms with E-state index in [1.54, 1.807) is 0 Å². The van der Waals surface area contributed by atoms with Crippen molar-refractivity contribution in [3.05, 3.63) is 83.6 Å². The molecule has 0 radical (unpaired) electrons. The molecule has 0 aliphatic carbocycles. The van der Waals surface area contributed by atoms with Crippen LogP contribution in [0.4, 0.5) is 0 Å². The third-order valence-corrected chi connectivity index (χ3v) is 4.46. The van der Waals surface area contributed by atoms with Crippen molar-refractivity contribution in [1.82, 2.24) is 4.90 Å². The Morgan fingerprint density at radius 2 is 1.67 bits per heavy atom. The summed E-state index contributed by atoms with van der Waals surface area (Å²) in [7, 11) is 0. The predicted octanol–water partition coefficient (Wildman–Crippen LogP) is 4.54. The highest BCUT2D eigenvalue weighted by Gasteiger charge is 2.23. The number of fused-ring (bicyclic) bond motifs is 1. The average molecular weight is 317 g/mol. The van der Waals surface area contributed by atoms with Crippen LogP contribution in [0.15, 0.2) is 71.1 Å². The van der Waals surface area contributed by atoms with E-state index in [0.29, 0.717) is 6.54 Å². The molecule has 3 heteroatoms. The van der Waals surface area contributed by atoms with Crippen LogP contribution in [0.3, 0.4) is 0 Å². The third kappa shape index (κ3) is 2.85. The zero-order valence-corrected chi connectivity index (χ0v) is 13.4. The number of benzene rings is 2. The molecular weight excluding hydrogens is 298 g/mol. The van der Waals surface area contributed by atoms with Crippen LogP contribution < -0.4 is 0 Å². The molecule has 3 nitrogen and oxygen atoms in total.